The summed E-state index contributed by atoms with van der Waals surface area (Å²) in [6.45, 7) is 1.39. The van der Waals surface area contributed by atoms with Gasteiger partial charge in [-0.2, -0.15) is 0 Å². The van der Waals surface area contributed by atoms with Crippen LogP contribution in [0.25, 0.3) is 0 Å². The molecule has 0 saturated heterocycles. The van der Waals surface area contributed by atoms with E-state index in [1.807, 2.05) is 0 Å². The molecule has 11 heavy (non-hydrogen) atoms. The Labute approximate surface area is 82.2 Å². The zero-order valence-electron chi connectivity index (χ0n) is 6.27. The van der Waals surface area contributed by atoms with Crippen LogP contribution in [0.15, 0.2) is 0 Å². The smallest absolute Gasteiger partial charge is 0.148 e. The molecule has 3 N–H and O–H groups in total. The molecule has 64 valence electrons. The summed E-state index contributed by atoms with van der Waals surface area (Å²) in [6, 6.07) is 0. The predicted molar refractivity (Wildman–Crippen MR) is 40.1 cm³/mol. The van der Waals surface area contributed by atoms with Crippen molar-refractivity contribution < 1.29 is 20.1 Å². The number of hydrogen-bond donors (Lipinski definition) is 3. The Morgan fingerprint density at radius 3 is 2.09 bits per heavy atom. The van der Waals surface area contributed by atoms with Gasteiger partial charge in [-0.15, -0.1) is 0 Å². The van der Waals surface area contributed by atoms with Gasteiger partial charge in [0.1, 0.15) is 12.4 Å². The fraction of sp³-hybridized carbons (Fsp3) is 0.833. The van der Waals surface area contributed by atoms with Crippen LogP contribution in [-0.2, 0) is 4.79 Å². The summed E-state index contributed by atoms with van der Waals surface area (Å²) in [7, 11) is 0. The number of hydrogen-bond acceptors (Lipinski definition) is 4. The summed E-state index contributed by atoms with van der Waals surface area (Å²) in [6.07, 6.45) is -2.90. The molecule has 0 unspecified atom stereocenters. The summed E-state index contributed by atoms with van der Waals surface area (Å²) in [5, 5.41) is 26.2. The summed E-state index contributed by atoms with van der Waals surface area (Å²) in [5.41, 5.74) is 0. The van der Waals surface area contributed by atoms with Crippen molar-refractivity contribution in [2.24, 2.45) is 0 Å². The van der Waals surface area contributed by atoms with Crippen LogP contribution in [0.2, 0.25) is 0 Å². The van der Waals surface area contributed by atoms with E-state index in [9.17, 15) is 4.79 Å². The van der Waals surface area contributed by atoms with Crippen molar-refractivity contribution in [3.63, 3.8) is 0 Å². The largest absolute Gasteiger partial charge is 0.391 e. The molecule has 0 aromatic rings. The molecule has 0 saturated carbocycles. The van der Waals surface area contributed by atoms with Crippen LogP contribution >= 0.6 is 0 Å². The van der Waals surface area contributed by atoms with Crippen molar-refractivity contribution in [1.29, 1.82) is 0 Å². The van der Waals surface area contributed by atoms with Gasteiger partial charge in [-0.05, 0) is 6.92 Å². The minimum Gasteiger partial charge on any atom is -0.391 e. The molecule has 0 aliphatic carbocycles. The van der Waals surface area contributed by atoms with E-state index in [1.165, 1.54) is 6.92 Å². The van der Waals surface area contributed by atoms with Crippen molar-refractivity contribution in [2.75, 3.05) is 0 Å². The second-order valence-electron chi connectivity index (χ2n) is 2.25. The molecular formula is C6H12O4Sn. The molecule has 0 aromatic carbocycles. The van der Waals surface area contributed by atoms with E-state index in [0.717, 1.165) is 0 Å². The minimum absolute atomic E-state index is 0. The van der Waals surface area contributed by atoms with Gasteiger partial charge in [-0.25, -0.2) is 0 Å². The van der Waals surface area contributed by atoms with Crippen LogP contribution in [0.4, 0.5) is 0 Å². The van der Waals surface area contributed by atoms with Crippen molar-refractivity contribution in [3.05, 3.63) is 0 Å². The third-order valence-corrected chi connectivity index (χ3v) is 1.20. The second kappa shape index (κ2) is 7.02. The number of rotatable bonds is 4. The van der Waals surface area contributed by atoms with Crippen LogP contribution < -0.4 is 0 Å². The topological polar surface area (TPSA) is 77.8 Å². The maximum absolute atomic E-state index is 9.82. The molecule has 0 amide bonds. The molecule has 4 radical (unpaired) electrons. The minimum atomic E-state index is -1.18. The van der Waals surface area contributed by atoms with Gasteiger partial charge in [-0.1, -0.05) is 0 Å². The van der Waals surface area contributed by atoms with Gasteiger partial charge in [-0.3, -0.25) is 0 Å². The Kier molecular flexibility index (Phi) is 8.88. The van der Waals surface area contributed by atoms with Gasteiger partial charge in [0.05, 0.1) is 12.2 Å². The van der Waals surface area contributed by atoms with Gasteiger partial charge in [0.15, 0.2) is 0 Å². The maximum atomic E-state index is 9.82. The molecule has 4 nitrogen and oxygen atoms in total. The average molecular weight is 267 g/mol. The molecule has 0 aliphatic heterocycles. The van der Waals surface area contributed by atoms with Crippen molar-refractivity contribution in [1.82, 2.24) is 0 Å². The Morgan fingerprint density at radius 1 is 1.36 bits per heavy atom. The summed E-state index contributed by atoms with van der Waals surface area (Å²) >= 11 is 0. The van der Waals surface area contributed by atoms with Gasteiger partial charge in [0.25, 0.3) is 0 Å². The number of aliphatic hydroxyl groups excluding tert-OH is 3. The molecule has 0 aromatic heterocycles. The molecule has 0 aliphatic rings. The van der Waals surface area contributed by atoms with E-state index >= 15 is 0 Å². The third kappa shape index (κ3) is 6.74. The fourth-order valence-electron chi connectivity index (χ4n) is 0.500. The quantitative estimate of drug-likeness (QED) is 0.419. The van der Waals surface area contributed by atoms with Gasteiger partial charge in [0, 0.05) is 30.3 Å². The van der Waals surface area contributed by atoms with E-state index in [4.69, 9.17) is 15.3 Å². The molecule has 5 heteroatoms. The molecule has 0 fully saturated rings. The maximum Gasteiger partial charge on any atom is 0.148 e. The normalized spacial score (nSPS) is 17.8. The van der Waals surface area contributed by atoms with Crippen LogP contribution in [-0.4, -0.2) is 63.8 Å². The first-order valence-corrected chi connectivity index (χ1v) is 3.07. The van der Waals surface area contributed by atoms with E-state index in [2.05, 4.69) is 0 Å². The molecule has 0 bridgehead atoms. The van der Waals surface area contributed by atoms with Crippen molar-refractivity contribution >= 4 is 30.2 Å². The summed E-state index contributed by atoms with van der Waals surface area (Å²) < 4.78 is 0. The Bertz CT molecular complexity index is 107. The Balaban J connectivity index is 0. The molecule has 0 spiro atoms. The van der Waals surface area contributed by atoms with Crippen molar-refractivity contribution in [3.8, 4) is 0 Å². The SMILES string of the molecule is C[C@@H](O)[C@@H](O)C[C@H](O)C=O.[Sn]. The number of aldehydes is 1. The van der Waals surface area contributed by atoms with Gasteiger partial charge in [0.2, 0.25) is 0 Å². The van der Waals surface area contributed by atoms with Crippen LogP contribution in [0, 0.1) is 0 Å². The Hall–Kier alpha value is 0.349. The van der Waals surface area contributed by atoms with Crippen molar-refractivity contribution in [2.45, 2.75) is 31.7 Å². The molecule has 3 atom stereocenters. The van der Waals surface area contributed by atoms with E-state index in [1.54, 1.807) is 0 Å². The summed E-state index contributed by atoms with van der Waals surface area (Å²) in [4.78, 5) is 9.82. The first-order chi connectivity index (χ1) is 4.57. The van der Waals surface area contributed by atoms with Crippen LogP contribution in [0.3, 0.4) is 0 Å². The van der Waals surface area contributed by atoms with E-state index in [-0.39, 0.29) is 30.3 Å². The predicted octanol–water partition coefficient (Wildman–Crippen LogP) is -1.70. The standard InChI is InChI=1S/C6H12O4.Sn/c1-4(8)6(10)2-5(9)3-7;/h3-6,8-10H,2H2,1H3;/t4-,5+,6+;/m1./s1. The zero-order valence-corrected chi connectivity index (χ0v) is 9.12. The average Bonchev–Trinajstić information content (AvgIpc) is 1.87. The number of aliphatic hydroxyl groups is 3. The third-order valence-electron chi connectivity index (χ3n) is 1.20. The molecule has 0 heterocycles. The van der Waals surface area contributed by atoms with Gasteiger partial charge >= 0.3 is 0 Å². The zero-order chi connectivity index (χ0) is 8.15. The molecule has 0 rings (SSSR count). The van der Waals surface area contributed by atoms with Crippen LogP contribution in [0.5, 0.6) is 0 Å². The second-order valence-corrected chi connectivity index (χ2v) is 2.25. The first kappa shape index (κ1) is 13.9. The van der Waals surface area contributed by atoms with E-state index in [0.29, 0.717) is 6.29 Å². The first-order valence-electron chi connectivity index (χ1n) is 3.07. The van der Waals surface area contributed by atoms with Crippen LogP contribution in [0.1, 0.15) is 13.3 Å². The molecular weight excluding hydrogens is 255 g/mol. The fourth-order valence-corrected chi connectivity index (χ4v) is 0.500. The number of carbonyl (C=O) groups excluding carboxylic acids is 1. The van der Waals surface area contributed by atoms with Gasteiger partial charge < -0.3 is 20.1 Å². The Morgan fingerprint density at radius 2 is 1.82 bits per heavy atom. The van der Waals surface area contributed by atoms with E-state index < -0.39 is 18.3 Å². The summed E-state index contributed by atoms with van der Waals surface area (Å²) in [5.74, 6) is 0. The monoisotopic (exact) mass is 268 g/mol. The number of carbonyl (C=O) groups is 1.